The van der Waals surface area contributed by atoms with Gasteiger partial charge in [0.2, 0.25) is 11.8 Å². The molecule has 0 saturated carbocycles. The number of carbonyl (C=O) groups is 2. The second kappa shape index (κ2) is 13.5. The Morgan fingerprint density at radius 2 is 1.54 bits per heavy atom. The quantitative estimate of drug-likeness (QED) is 0.283. The highest BCUT2D eigenvalue weighted by atomic mass is 79.9. The van der Waals surface area contributed by atoms with Crippen molar-refractivity contribution in [2.24, 2.45) is 0 Å². The Kier molecular flexibility index (Phi) is 10.6. The second-order valence-corrected chi connectivity index (χ2v) is 12.7. The first-order valence-electron chi connectivity index (χ1n) is 12.6. The van der Waals surface area contributed by atoms with Crippen LogP contribution in [0.4, 0.5) is 5.69 Å². The van der Waals surface area contributed by atoms with Crippen LogP contribution in [0.5, 0.6) is 0 Å². The molecule has 3 rings (SSSR count). The third kappa shape index (κ3) is 8.06. The molecule has 0 saturated heterocycles. The maximum atomic E-state index is 13.9. The van der Waals surface area contributed by atoms with E-state index < -0.39 is 28.5 Å². The molecule has 0 bridgehead atoms. The molecule has 0 radical (unpaired) electrons. The zero-order valence-electron chi connectivity index (χ0n) is 22.4. The first kappa shape index (κ1) is 30.7. The number of benzene rings is 3. The summed E-state index contributed by atoms with van der Waals surface area (Å²) in [6.07, 6.45) is 0.732. The van der Waals surface area contributed by atoms with Crippen molar-refractivity contribution < 1.29 is 18.0 Å². The van der Waals surface area contributed by atoms with Crippen molar-refractivity contribution in [2.75, 3.05) is 10.8 Å². The summed E-state index contributed by atoms with van der Waals surface area (Å²) < 4.78 is 29.5. The molecule has 1 N–H and O–H groups in total. The summed E-state index contributed by atoms with van der Waals surface area (Å²) in [6.45, 7) is 6.96. The summed E-state index contributed by atoms with van der Waals surface area (Å²) in [4.78, 5) is 28.5. The summed E-state index contributed by atoms with van der Waals surface area (Å²) in [5.74, 6) is -0.835. The van der Waals surface area contributed by atoms with Gasteiger partial charge in [-0.05, 0) is 81.3 Å². The summed E-state index contributed by atoms with van der Waals surface area (Å²) in [5.41, 5.74) is 2.00. The first-order valence-corrected chi connectivity index (χ1v) is 15.2. The van der Waals surface area contributed by atoms with Gasteiger partial charge in [-0.1, -0.05) is 64.3 Å². The van der Waals surface area contributed by atoms with Crippen molar-refractivity contribution in [2.45, 2.75) is 57.6 Å². The lowest BCUT2D eigenvalue weighted by Gasteiger charge is -2.32. The minimum atomic E-state index is -4.11. The standard InChI is InChI=1S/C29H33BrClN3O4S/c1-5-21(3)32-29(36)22(4)33(18-23-8-12-25(31)13-9-23)28(35)19-34(26-14-10-24(30)11-15-26)39(37,38)27-16-6-20(2)7-17-27/h6-17,21-22H,5,18-19H2,1-4H3,(H,32,36)/t21-,22+/m1/s1. The van der Waals surface area contributed by atoms with Crippen LogP contribution in [0.2, 0.25) is 5.02 Å². The van der Waals surface area contributed by atoms with Crippen LogP contribution in [-0.4, -0.2) is 43.8 Å². The monoisotopic (exact) mass is 633 g/mol. The fourth-order valence-corrected chi connectivity index (χ4v) is 5.61. The first-order chi connectivity index (χ1) is 18.4. The van der Waals surface area contributed by atoms with E-state index in [0.717, 1.165) is 26.3 Å². The maximum Gasteiger partial charge on any atom is 0.264 e. The fraction of sp³-hybridized carbons (Fsp3) is 0.310. The van der Waals surface area contributed by atoms with E-state index in [1.54, 1.807) is 67.6 Å². The smallest absolute Gasteiger partial charge is 0.264 e. The van der Waals surface area contributed by atoms with E-state index in [4.69, 9.17) is 11.6 Å². The number of amides is 2. The average molecular weight is 635 g/mol. The molecule has 0 aromatic heterocycles. The Morgan fingerprint density at radius 3 is 2.10 bits per heavy atom. The maximum absolute atomic E-state index is 13.9. The zero-order chi connectivity index (χ0) is 28.7. The molecule has 3 aromatic rings. The summed E-state index contributed by atoms with van der Waals surface area (Å²) >= 11 is 9.42. The van der Waals surface area contributed by atoms with Crippen LogP contribution in [0.25, 0.3) is 0 Å². The largest absolute Gasteiger partial charge is 0.352 e. The van der Waals surface area contributed by atoms with Crippen LogP contribution >= 0.6 is 27.5 Å². The van der Waals surface area contributed by atoms with Gasteiger partial charge in [0.25, 0.3) is 10.0 Å². The van der Waals surface area contributed by atoms with Crippen LogP contribution in [-0.2, 0) is 26.2 Å². The van der Waals surface area contributed by atoms with Gasteiger partial charge in [-0.3, -0.25) is 13.9 Å². The molecule has 0 aliphatic carbocycles. The Morgan fingerprint density at radius 1 is 0.949 bits per heavy atom. The van der Waals surface area contributed by atoms with Gasteiger partial charge >= 0.3 is 0 Å². The molecule has 7 nitrogen and oxygen atoms in total. The molecule has 2 amide bonds. The lowest BCUT2D eigenvalue weighted by Crippen LogP contribution is -2.52. The number of nitrogens with zero attached hydrogens (tertiary/aromatic N) is 2. The van der Waals surface area contributed by atoms with Gasteiger partial charge < -0.3 is 10.2 Å². The lowest BCUT2D eigenvalue weighted by atomic mass is 10.1. The summed E-state index contributed by atoms with van der Waals surface area (Å²) in [7, 11) is -4.11. The van der Waals surface area contributed by atoms with E-state index in [9.17, 15) is 18.0 Å². The van der Waals surface area contributed by atoms with Gasteiger partial charge in [-0.15, -0.1) is 0 Å². The van der Waals surface area contributed by atoms with Gasteiger partial charge in [0.1, 0.15) is 12.6 Å². The van der Waals surface area contributed by atoms with E-state index in [1.165, 1.54) is 17.0 Å². The number of hydrogen-bond donors (Lipinski definition) is 1. The van der Waals surface area contributed by atoms with Gasteiger partial charge in [0.05, 0.1) is 10.6 Å². The van der Waals surface area contributed by atoms with Crippen molar-refractivity contribution in [3.05, 3.63) is 93.4 Å². The molecule has 10 heteroatoms. The molecule has 0 fully saturated rings. The number of sulfonamides is 1. The van der Waals surface area contributed by atoms with Crippen LogP contribution in [0.1, 0.15) is 38.3 Å². The van der Waals surface area contributed by atoms with Crippen molar-refractivity contribution in [3.63, 3.8) is 0 Å². The van der Waals surface area contributed by atoms with Crippen molar-refractivity contribution >= 4 is 55.1 Å². The molecule has 0 heterocycles. The second-order valence-electron chi connectivity index (χ2n) is 9.44. The minimum absolute atomic E-state index is 0.0654. The number of anilines is 1. The van der Waals surface area contributed by atoms with E-state index in [-0.39, 0.29) is 23.4 Å². The summed E-state index contributed by atoms with van der Waals surface area (Å²) in [6, 6.07) is 19.2. The summed E-state index contributed by atoms with van der Waals surface area (Å²) in [5, 5.41) is 3.47. The Balaban J connectivity index is 2.01. The third-order valence-corrected chi connectivity index (χ3v) is 9.01. The van der Waals surface area contributed by atoms with Crippen molar-refractivity contribution in [3.8, 4) is 0 Å². The SMILES string of the molecule is CC[C@@H](C)NC(=O)[C@H](C)N(Cc1ccc(Cl)cc1)C(=O)CN(c1ccc(Br)cc1)S(=O)(=O)c1ccc(C)cc1. The third-order valence-electron chi connectivity index (χ3n) is 6.44. The normalized spacial score (nSPS) is 12.9. The molecule has 3 aromatic carbocycles. The topological polar surface area (TPSA) is 86.8 Å². The van der Waals surface area contributed by atoms with Crippen LogP contribution in [0.3, 0.4) is 0 Å². The van der Waals surface area contributed by atoms with E-state index in [2.05, 4.69) is 21.2 Å². The molecule has 39 heavy (non-hydrogen) atoms. The molecule has 0 unspecified atom stereocenters. The molecular weight excluding hydrogens is 602 g/mol. The highest BCUT2D eigenvalue weighted by Gasteiger charge is 2.32. The number of aryl methyl sites for hydroxylation is 1. The minimum Gasteiger partial charge on any atom is -0.352 e. The van der Waals surface area contributed by atoms with Crippen LogP contribution in [0, 0.1) is 6.92 Å². The predicted molar refractivity (Wildman–Crippen MR) is 159 cm³/mol. The lowest BCUT2D eigenvalue weighted by molar-refractivity contribution is -0.139. The predicted octanol–water partition coefficient (Wildman–Crippen LogP) is 5.94. The molecule has 208 valence electrons. The Hall–Kier alpha value is -2.88. The number of halogens is 2. The number of hydrogen-bond acceptors (Lipinski definition) is 4. The molecule has 0 aliphatic rings. The molecule has 0 spiro atoms. The van der Waals surface area contributed by atoms with E-state index in [0.29, 0.717) is 10.7 Å². The van der Waals surface area contributed by atoms with E-state index in [1.807, 2.05) is 20.8 Å². The Bertz CT molecular complexity index is 1380. The zero-order valence-corrected chi connectivity index (χ0v) is 25.6. The van der Waals surface area contributed by atoms with E-state index >= 15 is 0 Å². The Labute approximate surface area is 244 Å². The van der Waals surface area contributed by atoms with Gasteiger partial charge in [-0.25, -0.2) is 8.42 Å². The highest BCUT2D eigenvalue weighted by molar-refractivity contribution is 9.10. The van der Waals surface area contributed by atoms with Crippen molar-refractivity contribution in [1.82, 2.24) is 10.2 Å². The van der Waals surface area contributed by atoms with Crippen molar-refractivity contribution in [1.29, 1.82) is 0 Å². The number of carbonyl (C=O) groups excluding carboxylic acids is 2. The van der Waals surface area contributed by atoms with Gasteiger partial charge in [-0.2, -0.15) is 0 Å². The van der Waals surface area contributed by atoms with Crippen LogP contribution in [0.15, 0.2) is 82.2 Å². The fourth-order valence-electron chi connectivity index (χ4n) is 3.81. The number of rotatable bonds is 11. The molecule has 0 aliphatic heterocycles. The molecule has 2 atom stereocenters. The van der Waals surface area contributed by atoms with Gasteiger partial charge in [0, 0.05) is 22.1 Å². The molecular formula is C29H33BrClN3O4S. The average Bonchev–Trinajstić information content (AvgIpc) is 2.91. The van der Waals surface area contributed by atoms with Gasteiger partial charge in [0.15, 0.2) is 0 Å². The number of nitrogens with one attached hydrogen (secondary N) is 1. The van der Waals surface area contributed by atoms with Crippen LogP contribution < -0.4 is 9.62 Å². The highest BCUT2D eigenvalue weighted by Crippen LogP contribution is 2.26.